The van der Waals surface area contributed by atoms with Crippen LogP contribution in [0.15, 0.2) is 24.3 Å². The van der Waals surface area contributed by atoms with Gasteiger partial charge < -0.3 is 10.6 Å². The molecule has 0 atom stereocenters. The number of carbonyl (C=O) groups is 1. The van der Waals surface area contributed by atoms with Gasteiger partial charge in [-0.05, 0) is 24.1 Å². The predicted molar refractivity (Wildman–Crippen MR) is 70.9 cm³/mol. The molecule has 1 aromatic rings. The van der Waals surface area contributed by atoms with Gasteiger partial charge in [0.15, 0.2) is 0 Å². The zero-order valence-electron chi connectivity index (χ0n) is 10.9. The summed E-state index contributed by atoms with van der Waals surface area (Å²) >= 11 is 0. The third-order valence-electron chi connectivity index (χ3n) is 2.74. The maximum absolute atomic E-state index is 11.4. The molecule has 0 saturated carbocycles. The summed E-state index contributed by atoms with van der Waals surface area (Å²) in [6.45, 7) is 5.68. The van der Waals surface area contributed by atoms with Gasteiger partial charge in [-0.2, -0.15) is 0 Å². The minimum Gasteiger partial charge on any atom is -0.352 e. The maximum Gasteiger partial charge on any atom is 0.221 e. The fourth-order valence-corrected chi connectivity index (χ4v) is 1.55. The number of rotatable bonds is 6. The molecule has 0 saturated heterocycles. The topological polar surface area (TPSA) is 41.1 Å². The van der Waals surface area contributed by atoms with Gasteiger partial charge in [0.2, 0.25) is 5.91 Å². The predicted octanol–water partition coefficient (Wildman–Crippen LogP) is 2.04. The van der Waals surface area contributed by atoms with Gasteiger partial charge in [0, 0.05) is 19.5 Å². The van der Waals surface area contributed by atoms with Crippen LogP contribution in [0.5, 0.6) is 0 Å². The lowest BCUT2D eigenvalue weighted by Gasteiger charge is -2.08. The van der Waals surface area contributed by atoms with E-state index in [1.165, 1.54) is 5.56 Å². The van der Waals surface area contributed by atoms with Crippen LogP contribution >= 0.6 is 0 Å². The molecule has 0 aliphatic carbocycles. The van der Waals surface area contributed by atoms with Crippen molar-refractivity contribution in [3.8, 4) is 0 Å². The van der Waals surface area contributed by atoms with Gasteiger partial charge in [0.05, 0.1) is 0 Å². The van der Waals surface area contributed by atoms with Crippen molar-refractivity contribution < 1.29 is 4.79 Å². The molecule has 0 fully saturated rings. The van der Waals surface area contributed by atoms with E-state index >= 15 is 0 Å². The molecule has 2 N–H and O–H groups in total. The second-order valence-corrected chi connectivity index (χ2v) is 4.53. The average molecular weight is 234 g/mol. The molecular weight excluding hydrogens is 212 g/mol. The molecule has 1 amide bonds. The fraction of sp³-hybridized carbons (Fsp3) is 0.500. The number of hydrogen-bond acceptors (Lipinski definition) is 2. The first-order valence-corrected chi connectivity index (χ1v) is 6.13. The van der Waals surface area contributed by atoms with Crippen molar-refractivity contribution in [2.45, 2.75) is 32.7 Å². The molecule has 0 aromatic heterocycles. The molecule has 0 bridgehead atoms. The highest BCUT2D eigenvalue weighted by Gasteiger charge is 2.01. The van der Waals surface area contributed by atoms with Crippen molar-refractivity contribution in [1.82, 2.24) is 10.6 Å². The average Bonchev–Trinajstić information content (AvgIpc) is 2.34. The third kappa shape index (κ3) is 5.00. The van der Waals surface area contributed by atoms with Crippen molar-refractivity contribution in [3.05, 3.63) is 35.4 Å². The van der Waals surface area contributed by atoms with Crippen molar-refractivity contribution in [1.29, 1.82) is 0 Å². The standard InChI is InChI=1S/C14H22N2O/c1-11(2)13-6-4-12(5-7-13)10-16-14(17)8-9-15-3/h4-7,11,15H,8-10H2,1-3H3,(H,16,17). The molecule has 1 rings (SSSR count). The zero-order chi connectivity index (χ0) is 12.7. The number of carbonyl (C=O) groups excluding carboxylic acids is 1. The van der Waals surface area contributed by atoms with Crippen LogP contribution in [-0.4, -0.2) is 19.5 Å². The van der Waals surface area contributed by atoms with Crippen molar-refractivity contribution in [2.75, 3.05) is 13.6 Å². The second-order valence-electron chi connectivity index (χ2n) is 4.53. The van der Waals surface area contributed by atoms with Gasteiger partial charge >= 0.3 is 0 Å². The molecule has 3 nitrogen and oxygen atoms in total. The summed E-state index contributed by atoms with van der Waals surface area (Å²) < 4.78 is 0. The first kappa shape index (κ1) is 13.7. The van der Waals surface area contributed by atoms with Crippen molar-refractivity contribution >= 4 is 5.91 Å². The van der Waals surface area contributed by atoms with Crippen LogP contribution in [0.25, 0.3) is 0 Å². The summed E-state index contributed by atoms with van der Waals surface area (Å²) in [7, 11) is 1.85. The van der Waals surface area contributed by atoms with Gasteiger partial charge in [-0.3, -0.25) is 4.79 Å². The van der Waals surface area contributed by atoms with Gasteiger partial charge in [-0.25, -0.2) is 0 Å². The van der Waals surface area contributed by atoms with Gasteiger partial charge in [-0.1, -0.05) is 38.1 Å². The fourth-order valence-electron chi connectivity index (χ4n) is 1.55. The minimum atomic E-state index is 0.0901. The summed E-state index contributed by atoms with van der Waals surface area (Å²) in [6, 6.07) is 8.40. The molecule has 94 valence electrons. The Bertz CT molecular complexity index is 344. The summed E-state index contributed by atoms with van der Waals surface area (Å²) in [5.41, 5.74) is 2.47. The largest absolute Gasteiger partial charge is 0.352 e. The van der Waals surface area contributed by atoms with Crippen LogP contribution in [0.1, 0.15) is 37.3 Å². The van der Waals surface area contributed by atoms with E-state index in [9.17, 15) is 4.79 Å². The summed E-state index contributed by atoms with van der Waals surface area (Å²) in [6.07, 6.45) is 0.528. The van der Waals surface area contributed by atoms with Crippen LogP contribution in [0.4, 0.5) is 0 Å². The van der Waals surface area contributed by atoms with Crippen molar-refractivity contribution in [3.63, 3.8) is 0 Å². The number of benzene rings is 1. The second kappa shape index (κ2) is 7.07. The van der Waals surface area contributed by atoms with Crippen LogP contribution in [0.3, 0.4) is 0 Å². The van der Waals surface area contributed by atoms with E-state index in [1.54, 1.807) is 0 Å². The first-order valence-electron chi connectivity index (χ1n) is 6.13. The molecular formula is C14H22N2O. The highest BCUT2D eigenvalue weighted by Crippen LogP contribution is 2.14. The molecule has 0 heterocycles. The molecule has 0 aliphatic rings. The number of nitrogens with one attached hydrogen (secondary N) is 2. The van der Waals surface area contributed by atoms with E-state index in [0.717, 1.165) is 12.1 Å². The van der Waals surface area contributed by atoms with Gasteiger partial charge in [0.1, 0.15) is 0 Å². The Labute approximate surface area is 104 Å². The maximum atomic E-state index is 11.4. The lowest BCUT2D eigenvalue weighted by atomic mass is 10.0. The number of hydrogen-bond donors (Lipinski definition) is 2. The Morgan fingerprint density at radius 1 is 1.24 bits per heavy atom. The molecule has 17 heavy (non-hydrogen) atoms. The molecule has 0 spiro atoms. The lowest BCUT2D eigenvalue weighted by Crippen LogP contribution is -2.26. The van der Waals surface area contributed by atoms with E-state index in [0.29, 0.717) is 18.9 Å². The Morgan fingerprint density at radius 2 is 1.88 bits per heavy atom. The number of amides is 1. The molecule has 1 aromatic carbocycles. The monoisotopic (exact) mass is 234 g/mol. The highest BCUT2D eigenvalue weighted by molar-refractivity contribution is 5.76. The van der Waals surface area contributed by atoms with Crippen LogP contribution < -0.4 is 10.6 Å². The van der Waals surface area contributed by atoms with Crippen LogP contribution in [-0.2, 0) is 11.3 Å². The Kier molecular flexibility index (Phi) is 5.70. The molecule has 3 heteroatoms. The van der Waals surface area contributed by atoms with E-state index in [-0.39, 0.29) is 5.91 Å². The summed E-state index contributed by atoms with van der Waals surface area (Å²) in [5.74, 6) is 0.640. The first-order chi connectivity index (χ1) is 8.13. The van der Waals surface area contributed by atoms with E-state index in [1.807, 2.05) is 7.05 Å². The molecule has 0 unspecified atom stereocenters. The molecule has 0 radical (unpaired) electrons. The quantitative estimate of drug-likeness (QED) is 0.791. The van der Waals surface area contributed by atoms with E-state index in [4.69, 9.17) is 0 Å². The summed E-state index contributed by atoms with van der Waals surface area (Å²) in [4.78, 5) is 11.4. The van der Waals surface area contributed by atoms with Crippen molar-refractivity contribution in [2.24, 2.45) is 0 Å². The van der Waals surface area contributed by atoms with E-state index < -0.39 is 0 Å². The lowest BCUT2D eigenvalue weighted by molar-refractivity contribution is -0.121. The smallest absolute Gasteiger partial charge is 0.221 e. The van der Waals surface area contributed by atoms with Gasteiger partial charge in [0.25, 0.3) is 0 Å². The summed E-state index contributed by atoms with van der Waals surface area (Å²) in [5, 5.41) is 5.86. The van der Waals surface area contributed by atoms with Crippen LogP contribution in [0.2, 0.25) is 0 Å². The third-order valence-corrected chi connectivity index (χ3v) is 2.74. The van der Waals surface area contributed by atoms with Gasteiger partial charge in [-0.15, -0.1) is 0 Å². The highest BCUT2D eigenvalue weighted by atomic mass is 16.1. The Morgan fingerprint density at radius 3 is 2.41 bits per heavy atom. The Hall–Kier alpha value is -1.35. The zero-order valence-corrected chi connectivity index (χ0v) is 10.9. The van der Waals surface area contributed by atoms with E-state index in [2.05, 4.69) is 48.7 Å². The Balaban J connectivity index is 2.39. The SMILES string of the molecule is CNCCC(=O)NCc1ccc(C(C)C)cc1. The minimum absolute atomic E-state index is 0.0901. The molecule has 0 aliphatic heterocycles. The van der Waals surface area contributed by atoms with Crippen LogP contribution in [0, 0.1) is 0 Å². The normalized spacial score (nSPS) is 10.6.